The van der Waals surface area contributed by atoms with Crippen LogP contribution < -0.4 is 11.3 Å². The number of halogens is 2. The van der Waals surface area contributed by atoms with Gasteiger partial charge in [-0.05, 0) is 31.0 Å². The van der Waals surface area contributed by atoms with Crippen LogP contribution in [0, 0.1) is 11.6 Å². The SMILES string of the molecule is CCc1cc(CC(Cc2c(F)cccc2F)NN)n(C)n1. The molecule has 1 heterocycles. The summed E-state index contributed by atoms with van der Waals surface area (Å²) in [6, 6.07) is 5.59. The van der Waals surface area contributed by atoms with Crippen LogP contribution in [0.25, 0.3) is 0 Å². The average molecular weight is 294 g/mol. The van der Waals surface area contributed by atoms with Crippen LogP contribution in [-0.2, 0) is 26.3 Å². The van der Waals surface area contributed by atoms with Crippen LogP contribution in [0.4, 0.5) is 8.78 Å². The minimum absolute atomic E-state index is 0.0540. The Labute approximate surface area is 122 Å². The Morgan fingerprint density at radius 1 is 1.29 bits per heavy atom. The molecule has 0 saturated heterocycles. The van der Waals surface area contributed by atoms with Crippen LogP contribution in [0.3, 0.4) is 0 Å². The van der Waals surface area contributed by atoms with Gasteiger partial charge in [-0.15, -0.1) is 0 Å². The minimum Gasteiger partial charge on any atom is -0.272 e. The number of hydrogen-bond acceptors (Lipinski definition) is 3. The van der Waals surface area contributed by atoms with E-state index >= 15 is 0 Å². The van der Waals surface area contributed by atoms with Crippen molar-refractivity contribution in [3.63, 3.8) is 0 Å². The highest BCUT2D eigenvalue weighted by atomic mass is 19.1. The molecule has 1 atom stereocenters. The number of nitrogens with two attached hydrogens (primary N) is 1. The Hall–Kier alpha value is -1.79. The number of aromatic nitrogens is 2. The van der Waals surface area contributed by atoms with Crippen molar-refractivity contribution in [3.8, 4) is 0 Å². The number of hydrogen-bond donors (Lipinski definition) is 2. The summed E-state index contributed by atoms with van der Waals surface area (Å²) in [6.07, 6.45) is 1.58. The van der Waals surface area contributed by atoms with Gasteiger partial charge in [-0.25, -0.2) is 8.78 Å². The smallest absolute Gasteiger partial charge is 0.129 e. The van der Waals surface area contributed by atoms with E-state index in [9.17, 15) is 8.78 Å². The van der Waals surface area contributed by atoms with Crippen molar-refractivity contribution in [2.75, 3.05) is 0 Å². The summed E-state index contributed by atoms with van der Waals surface area (Å²) in [4.78, 5) is 0. The van der Waals surface area contributed by atoms with Crippen molar-refractivity contribution < 1.29 is 8.78 Å². The van der Waals surface area contributed by atoms with Gasteiger partial charge in [-0.2, -0.15) is 5.10 Å². The van der Waals surface area contributed by atoms with Gasteiger partial charge in [0.25, 0.3) is 0 Å². The normalized spacial score (nSPS) is 12.6. The van der Waals surface area contributed by atoms with Crippen LogP contribution in [0.1, 0.15) is 23.9 Å². The molecule has 0 radical (unpaired) electrons. The molecule has 0 aliphatic heterocycles. The highest BCUT2D eigenvalue weighted by molar-refractivity contribution is 5.21. The lowest BCUT2D eigenvalue weighted by atomic mass is 10.0. The second kappa shape index (κ2) is 6.78. The largest absolute Gasteiger partial charge is 0.272 e. The van der Waals surface area contributed by atoms with Crippen LogP contribution in [0.5, 0.6) is 0 Å². The highest BCUT2D eigenvalue weighted by Gasteiger charge is 2.17. The molecule has 0 saturated carbocycles. The number of nitrogens with zero attached hydrogens (tertiary/aromatic N) is 2. The second-order valence-corrected chi connectivity index (χ2v) is 5.08. The number of aryl methyl sites for hydroxylation is 2. The molecule has 1 aromatic heterocycles. The third-order valence-electron chi connectivity index (χ3n) is 3.59. The van der Waals surface area contributed by atoms with Crippen molar-refractivity contribution >= 4 is 0 Å². The molecule has 21 heavy (non-hydrogen) atoms. The zero-order valence-corrected chi connectivity index (χ0v) is 12.2. The number of nitrogens with one attached hydrogen (secondary N) is 1. The highest BCUT2D eigenvalue weighted by Crippen LogP contribution is 2.16. The topological polar surface area (TPSA) is 55.9 Å². The Balaban J connectivity index is 2.15. The number of benzene rings is 1. The van der Waals surface area contributed by atoms with Crippen molar-refractivity contribution in [3.05, 3.63) is 52.9 Å². The molecule has 0 amide bonds. The fourth-order valence-corrected chi connectivity index (χ4v) is 2.35. The Morgan fingerprint density at radius 3 is 2.48 bits per heavy atom. The summed E-state index contributed by atoms with van der Waals surface area (Å²) in [6.45, 7) is 2.03. The van der Waals surface area contributed by atoms with Gasteiger partial charge >= 0.3 is 0 Å². The molecule has 1 aromatic carbocycles. The van der Waals surface area contributed by atoms with Gasteiger partial charge < -0.3 is 0 Å². The first-order valence-corrected chi connectivity index (χ1v) is 6.96. The minimum atomic E-state index is -0.547. The van der Waals surface area contributed by atoms with Crippen LogP contribution in [-0.4, -0.2) is 15.8 Å². The van der Waals surface area contributed by atoms with E-state index < -0.39 is 11.6 Å². The molecule has 0 fully saturated rings. The van der Waals surface area contributed by atoms with E-state index in [1.54, 1.807) is 4.68 Å². The molecule has 2 rings (SSSR count). The molecule has 0 aliphatic rings. The summed E-state index contributed by atoms with van der Waals surface area (Å²) in [5.41, 5.74) is 4.65. The Bertz CT molecular complexity index is 589. The maximum Gasteiger partial charge on any atom is 0.129 e. The van der Waals surface area contributed by atoms with Crippen LogP contribution in [0.2, 0.25) is 0 Å². The third kappa shape index (κ3) is 3.65. The van der Waals surface area contributed by atoms with E-state index in [2.05, 4.69) is 10.5 Å². The lowest BCUT2D eigenvalue weighted by molar-refractivity contribution is 0.474. The van der Waals surface area contributed by atoms with Crippen molar-refractivity contribution in [1.29, 1.82) is 0 Å². The summed E-state index contributed by atoms with van der Waals surface area (Å²) in [5.74, 6) is 4.44. The van der Waals surface area contributed by atoms with Crippen LogP contribution >= 0.6 is 0 Å². The summed E-state index contributed by atoms with van der Waals surface area (Å²) in [5, 5.41) is 4.36. The quantitative estimate of drug-likeness (QED) is 0.632. The van der Waals surface area contributed by atoms with Crippen molar-refractivity contribution in [2.24, 2.45) is 12.9 Å². The van der Waals surface area contributed by atoms with Crippen molar-refractivity contribution in [2.45, 2.75) is 32.2 Å². The first-order valence-electron chi connectivity index (χ1n) is 6.96. The van der Waals surface area contributed by atoms with Crippen molar-refractivity contribution in [1.82, 2.24) is 15.2 Å². The number of rotatable bonds is 6. The predicted octanol–water partition coefficient (Wildman–Crippen LogP) is 1.88. The van der Waals surface area contributed by atoms with E-state index in [1.165, 1.54) is 18.2 Å². The van der Waals surface area contributed by atoms with E-state index in [4.69, 9.17) is 5.84 Å². The van der Waals surface area contributed by atoms with Crippen LogP contribution in [0.15, 0.2) is 24.3 Å². The van der Waals surface area contributed by atoms with Gasteiger partial charge in [-0.1, -0.05) is 13.0 Å². The van der Waals surface area contributed by atoms with E-state index in [0.29, 0.717) is 6.42 Å². The van der Waals surface area contributed by atoms with E-state index in [0.717, 1.165) is 17.8 Å². The van der Waals surface area contributed by atoms with Gasteiger partial charge in [0.2, 0.25) is 0 Å². The van der Waals surface area contributed by atoms with E-state index in [-0.39, 0.29) is 18.0 Å². The lowest BCUT2D eigenvalue weighted by Crippen LogP contribution is -2.39. The molecule has 3 N–H and O–H groups in total. The van der Waals surface area contributed by atoms with Gasteiger partial charge in [0, 0.05) is 30.8 Å². The molecule has 6 heteroatoms. The fraction of sp³-hybridized carbons (Fsp3) is 0.400. The Morgan fingerprint density at radius 2 is 1.95 bits per heavy atom. The monoisotopic (exact) mass is 294 g/mol. The van der Waals surface area contributed by atoms with E-state index in [1.807, 2.05) is 20.0 Å². The zero-order chi connectivity index (χ0) is 15.4. The second-order valence-electron chi connectivity index (χ2n) is 5.08. The summed E-state index contributed by atoms with van der Waals surface area (Å²) >= 11 is 0. The molecular weight excluding hydrogens is 274 g/mol. The molecule has 2 aromatic rings. The predicted molar refractivity (Wildman–Crippen MR) is 77.5 cm³/mol. The first kappa shape index (κ1) is 15.6. The standard InChI is InChI=1S/C15H20F2N4/c1-3-10-7-12(21(2)20-10)8-11(19-18)9-13-14(16)5-4-6-15(13)17/h4-7,11,19H,3,8-9,18H2,1-2H3. The first-order chi connectivity index (χ1) is 10.0. The van der Waals surface area contributed by atoms with Gasteiger partial charge in [0.05, 0.1) is 5.69 Å². The zero-order valence-electron chi connectivity index (χ0n) is 12.2. The average Bonchev–Trinajstić information content (AvgIpc) is 2.82. The van der Waals surface area contributed by atoms with Gasteiger partial charge in [-0.3, -0.25) is 16.0 Å². The molecule has 114 valence electrons. The maximum atomic E-state index is 13.7. The molecule has 0 bridgehead atoms. The third-order valence-corrected chi connectivity index (χ3v) is 3.59. The maximum absolute atomic E-state index is 13.7. The molecule has 0 aliphatic carbocycles. The molecule has 4 nitrogen and oxygen atoms in total. The number of hydrazine groups is 1. The van der Waals surface area contributed by atoms with Gasteiger partial charge in [0.1, 0.15) is 11.6 Å². The fourth-order valence-electron chi connectivity index (χ4n) is 2.35. The lowest BCUT2D eigenvalue weighted by Gasteiger charge is -2.16. The van der Waals surface area contributed by atoms with Gasteiger partial charge in [0.15, 0.2) is 0 Å². The molecule has 0 spiro atoms. The summed E-state index contributed by atoms with van der Waals surface area (Å²) < 4.78 is 29.2. The Kier molecular flexibility index (Phi) is 5.03. The molecular formula is C15H20F2N4. The molecule has 1 unspecified atom stereocenters. The summed E-state index contributed by atoms with van der Waals surface area (Å²) in [7, 11) is 1.85.